The van der Waals surface area contributed by atoms with Crippen molar-refractivity contribution in [2.24, 2.45) is 5.16 Å². The molecule has 0 fully saturated rings. The number of hydrogen-bond donors (Lipinski definition) is 0. The molecular formula is C14H11Cl2NO. The fourth-order valence-electron chi connectivity index (χ4n) is 1.34. The van der Waals surface area contributed by atoms with E-state index in [0.717, 1.165) is 11.1 Å². The second-order valence-corrected chi connectivity index (χ2v) is 4.56. The molecule has 0 spiro atoms. The summed E-state index contributed by atoms with van der Waals surface area (Å²) in [4.78, 5) is 5.19. The molecule has 0 bridgehead atoms. The second-order valence-electron chi connectivity index (χ2n) is 3.69. The number of oxime groups is 1. The van der Waals surface area contributed by atoms with Crippen molar-refractivity contribution in [3.8, 4) is 0 Å². The van der Waals surface area contributed by atoms with Crippen LogP contribution in [0.1, 0.15) is 11.1 Å². The zero-order chi connectivity index (χ0) is 12.8. The number of benzene rings is 2. The lowest BCUT2D eigenvalue weighted by molar-refractivity contribution is 0.132. The summed E-state index contributed by atoms with van der Waals surface area (Å²) in [6.07, 6.45) is 1.65. The molecule has 0 unspecified atom stereocenters. The monoisotopic (exact) mass is 279 g/mol. The van der Waals surface area contributed by atoms with E-state index in [4.69, 9.17) is 28.0 Å². The predicted molar refractivity (Wildman–Crippen MR) is 75.3 cm³/mol. The fraction of sp³-hybridized carbons (Fsp3) is 0.0714. The average Bonchev–Trinajstić information content (AvgIpc) is 2.39. The van der Waals surface area contributed by atoms with Crippen LogP contribution in [0.3, 0.4) is 0 Å². The maximum absolute atomic E-state index is 5.78. The van der Waals surface area contributed by atoms with Crippen LogP contribution in [-0.4, -0.2) is 6.21 Å². The summed E-state index contributed by atoms with van der Waals surface area (Å²) in [5.74, 6) is 0. The third kappa shape index (κ3) is 4.06. The predicted octanol–water partition coefficient (Wildman–Crippen LogP) is 4.54. The Bertz CT molecular complexity index is 520. The van der Waals surface area contributed by atoms with Crippen molar-refractivity contribution < 1.29 is 4.84 Å². The maximum atomic E-state index is 5.78. The first-order valence-corrected chi connectivity index (χ1v) is 6.15. The molecule has 0 saturated carbocycles. The van der Waals surface area contributed by atoms with Crippen LogP contribution in [-0.2, 0) is 11.4 Å². The normalized spacial score (nSPS) is 10.8. The van der Waals surface area contributed by atoms with Gasteiger partial charge < -0.3 is 4.84 Å². The number of halogens is 2. The van der Waals surface area contributed by atoms with Gasteiger partial charge >= 0.3 is 0 Å². The van der Waals surface area contributed by atoms with Crippen molar-refractivity contribution in [1.82, 2.24) is 0 Å². The second kappa shape index (κ2) is 6.43. The molecule has 0 aromatic heterocycles. The van der Waals surface area contributed by atoms with Crippen molar-refractivity contribution in [3.05, 3.63) is 69.7 Å². The van der Waals surface area contributed by atoms with Crippen LogP contribution in [0.2, 0.25) is 10.0 Å². The molecule has 0 heterocycles. The highest BCUT2D eigenvalue weighted by molar-refractivity contribution is 6.30. The van der Waals surface area contributed by atoms with E-state index in [1.807, 2.05) is 48.5 Å². The van der Waals surface area contributed by atoms with E-state index in [1.165, 1.54) is 0 Å². The number of nitrogens with zero attached hydrogens (tertiary/aromatic N) is 1. The molecule has 0 N–H and O–H groups in total. The molecule has 0 aliphatic rings. The van der Waals surface area contributed by atoms with Gasteiger partial charge in [0.2, 0.25) is 0 Å². The molecule has 2 aromatic carbocycles. The Hall–Kier alpha value is -1.51. The van der Waals surface area contributed by atoms with Crippen LogP contribution >= 0.6 is 23.2 Å². The molecule has 0 amide bonds. The fourth-order valence-corrected chi connectivity index (χ4v) is 1.59. The van der Waals surface area contributed by atoms with Crippen LogP contribution in [0.4, 0.5) is 0 Å². The standard InChI is InChI=1S/C14H11Cl2NO/c15-13-5-1-11(2-6-13)9-17-18-10-12-3-7-14(16)8-4-12/h1-9H,10H2/b17-9-. The minimum atomic E-state index is 0.418. The van der Waals surface area contributed by atoms with Gasteiger partial charge in [0.25, 0.3) is 0 Å². The lowest BCUT2D eigenvalue weighted by atomic mass is 10.2. The summed E-state index contributed by atoms with van der Waals surface area (Å²) in [5, 5.41) is 5.30. The van der Waals surface area contributed by atoms with Gasteiger partial charge in [-0.05, 0) is 35.4 Å². The lowest BCUT2D eigenvalue weighted by Gasteiger charge is -1.99. The molecule has 0 atom stereocenters. The zero-order valence-corrected chi connectivity index (χ0v) is 11.0. The minimum Gasteiger partial charge on any atom is -0.391 e. The van der Waals surface area contributed by atoms with Crippen LogP contribution in [0.5, 0.6) is 0 Å². The molecule has 4 heteroatoms. The highest BCUT2D eigenvalue weighted by Crippen LogP contribution is 2.10. The Labute approximate surface area is 116 Å². The summed E-state index contributed by atoms with van der Waals surface area (Å²) in [6, 6.07) is 14.8. The smallest absolute Gasteiger partial charge is 0.142 e. The Morgan fingerprint density at radius 2 is 1.44 bits per heavy atom. The Morgan fingerprint density at radius 3 is 2.06 bits per heavy atom. The van der Waals surface area contributed by atoms with Gasteiger partial charge in [-0.3, -0.25) is 0 Å². The topological polar surface area (TPSA) is 21.6 Å². The van der Waals surface area contributed by atoms with Gasteiger partial charge in [0.05, 0.1) is 6.21 Å². The minimum absolute atomic E-state index is 0.418. The van der Waals surface area contributed by atoms with Gasteiger partial charge in [-0.25, -0.2) is 0 Å². The molecule has 0 aliphatic carbocycles. The first-order valence-electron chi connectivity index (χ1n) is 5.39. The molecule has 18 heavy (non-hydrogen) atoms. The highest BCUT2D eigenvalue weighted by Gasteiger charge is 1.93. The van der Waals surface area contributed by atoms with E-state index in [9.17, 15) is 0 Å². The van der Waals surface area contributed by atoms with Crippen molar-refractivity contribution in [1.29, 1.82) is 0 Å². The van der Waals surface area contributed by atoms with Crippen molar-refractivity contribution in [2.75, 3.05) is 0 Å². The van der Waals surface area contributed by atoms with Gasteiger partial charge in [-0.1, -0.05) is 52.6 Å². The summed E-state index contributed by atoms with van der Waals surface area (Å²) in [6.45, 7) is 0.418. The van der Waals surface area contributed by atoms with Gasteiger partial charge in [0.1, 0.15) is 6.61 Å². The lowest BCUT2D eigenvalue weighted by Crippen LogP contribution is -1.87. The SMILES string of the molecule is Clc1ccc(/C=N\OCc2ccc(Cl)cc2)cc1. The highest BCUT2D eigenvalue weighted by atomic mass is 35.5. The summed E-state index contributed by atoms with van der Waals surface area (Å²) in [7, 11) is 0. The molecule has 2 rings (SSSR count). The molecule has 0 aliphatic heterocycles. The number of rotatable bonds is 4. The van der Waals surface area contributed by atoms with E-state index in [2.05, 4.69) is 5.16 Å². The van der Waals surface area contributed by atoms with Crippen LogP contribution < -0.4 is 0 Å². The summed E-state index contributed by atoms with van der Waals surface area (Å²) < 4.78 is 0. The van der Waals surface area contributed by atoms with E-state index in [-0.39, 0.29) is 0 Å². The van der Waals surface area contributed by atoms with Crippen molar-refractivity contribution >= 4 is 29.4 Å². The Kier molecular flexibility index (Phi) is 4.62. The molecule has 92 valence electrons. The number of hydrogen-bond acceptors (Lipinski definition) is 2. The first-order chi connectivity index (χ1) is 8.74. The molecule has 0 radical (unpaired) electrons. The van der Waals surface area contributed by atoms with E-state index in [0.29, 0.717) is 16.7 Å². The van der Waals surface area contributed by atoms with E-state index < -0.39 is 0 Å². The third-order valence-corrected chi connectivity index (χ3v) is 2.79. The van der Waals surface area contributed by atoms with Crippen molar-refractivity contribution in [3.63, 3.8) is 0 Å². The summed E-state index contributed by atoms with van der Waals surface area (Å²) >= 11 is 11.6. The first kappa shape index (κ1) is 12.9. The quantitative estimate of drug-likeness (QED) is 0.595. The average molecular weight is 280 g/mol. The van der Waals surface area contributed by atoms with Crippen LogP contribution in [0.25, 0.3) is 0 Å². The van der Waals surface area contributed by atoms with Gasteiger partial charge in [0.15, 0.2) is 0 Å². The van der Waals surface area contributed by atoms with Crippen LogP contribution in [0.15, 0.2) is 53.7 Å². The van der Waals surface area contributed by atoms with E-state index in [1.54, 1.807) is 6.21 Å². The maximum Gasteiger partial charge on any atom is 0.142 e. The Morgan fingerprint density at radius 1 is 0.889 bits per heavy atom. The largest absolute Gasteiger partial charge is 0.391 e. The van der Waals surface area contributed by atoms with Crippen LogP contribution in [0, 0.1) is 0 Å². The molecule has 2 aromatic rings. The van der Waals surface area contributed by atoms with Crippen molar-refractivity contribution in [2.45, 2.75) is 6.61 Å². The molecular weight excluding hydrogens is 269 g/mol. The molecule has 2 nitrogen and oxygen atoms in total. The van der Waals surface area contributed by atoms with E-state index >= 15 is 0 Å². The van der Waals surface area contributed by atoms with Gasteiger partial charge in [-0.15, -0.1) is 0 Å². The molecule has 0 saturated heterocycles. The van der Waals surface area contributed by atoms with Gasteiger partial charge in [0, 0.05) is 10.0 Å². The zero-order valence-electron chi connectivity index (χ0n) is 9.51. The third-order valence-electron chi connectivity index (χ3n) is 2.29. The van der Waals surface area contributed by atoms with Gasteiger partial charge in [-0.2, -0.15) is 0 Å². The summed E-state index contributed by atoms with van der Waals surface area (Å²) in [5.41, 5.74) is 1.96. The Balaban J connectivity index is 1.84.